The molecule has 0 fully saturated rings. The van der Waals surface area contributed by atoms with Crippen LogP contribution >= 0.6 is 0 Å². The van der Waals surface area contributed by atoms with Gasteiger partial charge in [0.15, 0.2) is 17.5 Å². The third-order valence-electron chi connectivity index (χ3n) is 11.2. The fourth-order valence-electron chi connectivity index (χ4n) is 8.67. The van der Waals surface area contributed by atoms with Gasteiger partial charge in [-0.05, 0) is 74.8 Å². The monoisotopic (exact) mass is 715 g/mol. The predicted octanol–water partition coefficient (Wildman–Crippen LogP) is 12.8. The van der Waals surface area contributed by atoms with Crippen molar-refractivity contribution in [2.75, 3.05) is 0 Å². The topological polar surface area (TPSA) is 51.8 Å². The van der Waals surface area contributed by atoms with Crippen LogP contribution < -0.4 is 0 Å². The van der Waals surface area contributed by atoms with E-state index in [1.54, 1.807) is 0 Å². The van der Waals surface area contributed by atoms with Crippen LogP contribution in [0.1, 0.15) is 22.3 Å². The van der Waals surface area contributed by atoms with E-state index < -0.39 is 5.41 Å². The normalized spacial score (nSPS) is 12.8. The quantitative estimate of drug-likeness (QED) is 0.172. The molecule has 10 aromatic rings. The van der Waals surface area contributed by atoms with Gasteiger partial charge in [0.2, 0.25) is 0 Å². The highest BCUT2D eigenvalue weighted by molar-refractivity contribution is 6.09. The van der Waals surface area contributed by atoms with E-state index >= 15 is 0 Å². The molecule has 1 aliphatic carbocycles. The van der Waals surface area contributed by atoms with E-state index in [1.807, 2.05) is 60.7 Å². The Morgan fingerprint density at radius 3 is 1.46 bits per heavy atom. The lowest BCUT2D eigenvalue weighted by Crippen LogP contribution is -2.28. The van der Waals surface area contributed by atoms with Gasteiger partial charge in [-0.2, -0.15) is 0 Å². The summed E-state index contributed by atoms with van der Waals surface area (Å²) >= 11 is 0. The molecule has 0 N–H and O–H groups in total. The van der Waals surface area contributed by atoms with E-state index in [4.69, 9.17) is 19.4 Å². The van der Waals surface area contributed by atoms with E-state index in [2.05, 4.69) is 140 Å². The minimum absolute atomic E-state index is 0.483. The second kappa shape index (κ2) is 12.9. The lowest BCUT2D eigenvalue weighted by molar-refractivity contribution is 0.666. The van der Waals surface area contributed by atoms with Crippen LogP contribution in [0.2, 0.25) is 0 Å². The zero-order valence-corrected chi connectivity index (χ0v) is 30.3. The Hall–Kier alpha value is -7.43. The zero-order valence-electron chi connectivity index (χ0n) is 30.3. The average molecular weight is 716 g/mol. The first-order chi connectivity index (χ1) is 27.7. The summed E-state index contributed by atoms with van der Waals surface area (Å²) in [5.41, 5.74) is 13.6. The van der Waals surface area contributed by atoms with Crippen LogP contribution in [0.5, 0.6) is 0 Å². The number of hydrogen-bond donors (Lipinski definition) is 0. The van der Waals surface area contributed by atoms with Crippen LogP contribution in [0, 0.1) is 0 Å². The second-order valence-electron chi connectivity index (χ2n) is 14.4. The number of hydrogen-bond acceptors (Lipinski definition) is 4. The number of furan rings is 1. The number of fused-ring (bicyclic) bond motifs is 6. The van der Waals surface area contributed by atoms with Crippen LogP contribution in [0.15, 0.2) is 205 Å². The van der Waals surface area contributed by atoms with Gasteiger partial charge in [-0.3, -0.25) is 0 Å². The molecule has 0 radical (unpaired) electrons. The molecule has 4 nitrogen and oxygen atoms in total. The number of rotatable bonds is 6. The number of aromatic nitrogens is 3. The molecule has 0 spiro atoms. The molecule has 0 saturated carbocycles. The van der Waals surface area contributed by atoms with Crippen LogP contribution in [0.25, 0.3) is 78.4 Å². The van der Waals surface area contributed by atoms with Crippen molar-refractivity contribution in [3.05, 3.63) is 222 Å². The van der Waals surface area contributed by atoms with Crippen LogP contribution in [-0.2, 0) is 5.41 Å². The summed E-state index contributed by atoms with van der Waals surface area (Å²) in [7, 11) is 0. The van der Waals surface area contributed by atoms with Crippen molar-refractivity contribution < 1.29 is 4.42 Å². The highest BCUT2D eigenvalue weighted by atomic mass is 16.3. The predicted molar refractivity (Wildman–Crippen MR) is 226 cm³/mol. The molecule has 0 saturated heterocycles. The maximum absolute atomic E-state index is 6.82. The van der Waals surface area contributed by atoms with Gasteiger partial charge < -0.3 is 4.42 Å². The Balaban J connectivity index is 1.05. The maximum atomic E-state index is 6.82. The van der Waals surface area contributed by atoms with Gasteiger partial charge in [0.1, 0.15) is 11.2 Å². The Labute approximate surface area is 324 Å². The van der Waals surface area contributed by atoms with Crippen molar-refractivity contribution in [1.82, 2.24) is 15.0 Å². The van der Waals surface area contributed by atoms with Gasteiger partial charge in [0.05, 0.1) is 5.41 Å². The van der Waals surface area contributed by atoms with Crippen molar-refractivity contribution >= 4 is 21.9 Å². The summed E-state index contributed by atoms with van der Waals surface area (Å²) in [6.07, 6.45) is 0. The second-order valence-corrected chi connectivity index (χ2v) is 14.4. The van der Waals surface area contributed by atoms with E-state index in [9.17, 15) is 0 Å². The van der Waals surface area contributed by atoms with Gasteiger partial charge in [0.25, 0.3) is 0 Å². The molecule has 2 aromatic heterocycles. The molecular weight excluding hydrogens is 683 g/mol. The van der Waals surface area contributed by atoms with Gasteiger partial charge in [-0.25, -0.2) is 15.0 Å². The van der Waals surface area contributed by atoms with Crippen LogP contribution in [0.3, 0.4) is 0 Å². The molecule has 262 valence electrons. The molecule has 0 aliphatic heterocycles. The summed E-state index contributed by atoms with van der Waals surface area (Å²) in [6.45, 7) is 0. The molecule has 0 amide bonds. The fraction of sp³-hybridized carbons (Fsp3) is 0.0192. The molecule has 8 aromatic carbocycles. The van der Waals surface area contributed by atoms with Crippen LogP contribution in [-0.4, -0.2) is 15.0 Å². The standard InChI is InChI=1S/C52H33N3O/c1-5-16-34(17-6-1)49-53-50(35-18-7-2-8-19-35)55-51(54-49)38-21-15-20-36(30-38)37-28-29-42-44-32-43-41-26-13-14-27-45(41)52(39-22-9-3-10-23-39,40-24-11-4-12-25-40)46(43)33-48(44)56-47(42)31-37/h1-33H. The lowest BCUT2D eigenvalue weighted by atomic mass is 9.67. The maximum Gasteiger partial charge on any atom is 0.164 e. The zero-order chi connectivity index (χ0) is 37.1. The number of benzene rings is 8. The fourth-order valence-corrected chi connectivity index (χ4v) is 8.67. The van der Waals surface area contributed by atoms with E-state index in [0.717, 1.165) is 49.8 Å². The Morgan fingerprint density at radius 2 is 0.821 bits per heavy atom. The molecule has 0 atom stereocenters. The molecule has 0 bridgehead atoms. The summed E-state index contributed by atoms with van der Waals surface area (Å²) in [4.78, 5) is 14.8. The Bertz CT molecular complexity index is 2970. The minimum Gasteiger partial charge on any atom is -0.456 e. The molecule has 0 unspecified atom stereocenters. The molecular formula is C52H33N3O. The van der Waals surface area contributed by atoms with Crippen molar-refractivity contribution in [3.63, 3.8) is 0 Å². The molecule has 56 heavy (non-hydrogen) atoms. The number of nitrogens with zero attached hydrogens (tertiary/aromatic N) is 3. The van der Waals surface area contributed by atoms with Crippen molar-refractivity contribution in [1.29, 1.82) is 0 Å². The third kappa shape index (κ3) is 5.04. The van der Waals surface area contributed by atoms with Crippen molar-refractivity contribution in [3.8, 4) is 56.4 Å². The third-order valence-corrected chi connectivity index (χ3v) is 11.2. The Kier molecular flexibility index (Phi) is 7.36. The largest absolute Gasteiger partial charge is 0.456 e. The van der Waals surface area contributed by atoms with Gasteiger partial charge in [-0.15, -0.1) is 0 Å². The lowest BCUT2D eigenvalue weighted by Gasteiger charge is -2.33. The SMILES string of the molecule is c1ccc(-c2nc(-c3ccccc3)nc(-c3cccc(-c4ccc5c(c4)oc4cc6c(cc45)-c4ccccc4C6(c4ccccc4)c4ccccc4)c3)n2)cc1. The first kappa shape index (κ1) is 32.0. The van der Waals surface area contributed by atoms with Crippen molar-refractivity contribution in [2.45, 2.75) is 5.41 Å². The smallest absolute Gasteiger partial charge is 0.164 e. The summed E-state index contributed by atoms with van der Waals surface area (Å²) < 4.78 is 6.82. The molecule has 4 heteroatoms. The van der Waals surface area contributed by atoms with Gasteiger partial charge in [0, 0.05) is 27.5 Å². The van der Waals surface area contributed by atoms with Gasteiger partial charge >= 0.3 is 0 Å². The highest BCUT2D eigenvalue weighted by Crippen LogP contribution is 2.57. The highest BCUT2D eigenvalue weighted by Gasteiger charge is 2.46. The first-order valence-electron chi connectivity index (χ1n) is 18.9. The first-order valence-corrected chi connectivity index (χ1v) is 18.9. The van der Waals surface area contributed by atoms with E-state index in [1.165, 1.54) is 33.4 Å². The average Bonchev–Trinajstić information content (AvgIpc) is 3.79. The Morgan fingerprint density at radius 1 is 0.321 bits per heavy atom. The summed E-state index contributed by atoms with van der Waals surface area (Å²) in [6, 6.07) is 70.4. The van der Waals surface area contributed by atoms with Crippen LogP contribution in [0.4, 0.5) is 0 Å². The minimum atomic E-state index is -0.483. The molecule has 1 aliphatic rings. The van der Waals surface area contributed by atoms with E-state index in [-0.39, 0.29) is 0 Å². The van der Waals surface area contributed by atoms with Gasteiger partial charge in [-0.1, -0.05) is 170 Å². The summed E-state index contributed by atoms with van der Waals surface area (Å²) in [5.74, 6) is 1.91. The van der Waals surface area contributed by atoms with Crippen molar-refractivity contribution in [2.24, 2.45) is 0 Å². The molecule has 11 rings (SSSR count). The molecule has 2 heterocycles. The summed E-state index contributed by atoms with van der Waals surface area (Å²) in [5, 5.41) is 2.20. The van der Waals surface area contributed by atoms with E-state index in [0.29, 0.717) is 17.5 Å².